The summed E-state index contributed by atoms with van der Waals surface area (Å²) in [6.45, 7) is 2.00. The van der Waals surface area contributed by atoms with E-state index >= 15 is 0 Å². The number of carbonyl (C=O) groups is 2. The van der Waals surface area contributed by atoms with Crippen molar-refractivity contribution in [1.29, 1.82) is 0 Å². The largest absolute Gasteiger partial charge is 0.442 e. The van der Waals surface area contributed by atoms with Gasteiger partial charge in [-0.1, -0.05) is 12.2 Å². The SMILES string of the molecule is COCCOCOC[C@]12[C@H]([C@@H]3C=CCCC3)OC(=O)N1C(=O)[C@@H](Cl)[C@]2(C)O. The molecule has 0 aromatic heterocycles. The summed E-state index contributed by atoms with van der Waals surface area (Å²) >= 11 is 6.23. The highest BCUT2D eigenvalue weighted by molar-refractivity contribution is 6.34. The highest BCUT2D eigenvalue weighted by atomic mass is 35.5. The molecule has 0 saturated carbocycles. The summed E-state index contributed by atoms with van der Waals surface area (Å²) in [6.07, 6.45) is 5.13. The molecule has 2 saturated heterocycles. The molecule has 1 N–H and O–H groups in total. The normalized spacial score (nSPS) is 38.4. The molecule has 3 aliphatic rings. The Balaban J connectivity index is 1.87. The van der Waals surface area contributed by atoms with Crippen molar-refractivity contribution in [1.82, 2.24) is 4.90 Å². The number of hydrogen-bond acceptors (Lipinski definition) is 7. The molecule has 0 bridgehead atoms. The van der Waals surface area contributed by atoms with Crippen molar-refractivity contribution in [2.45, 2.75) is 48.8 Å². The monoisotopic (exact) mass is 403 g/mol. The van der Waals surface area contributed by atoms with Crippen LogP contribution < -0.4 is 0 Å². The number of alkyl halides is 1. The summed E-state index contributed by atoms with van der Waals surface area (Å²) in [5.74, 6) is -0.801. The molecule has 2 aliphatic heterocycles. The van der Waals surface area contributed by atoms with Gasteiger partial charge < -0.3 is 24.1 Å². The van der Waals surface area contributed by atoms with E-state index in [4.69, 9.17) is 30.5 Å². The number of carbonyl (C=O) groups excluding carboxylic acids is 2. The summed E-state index contributed by atoms with van der Waals surface area (Å²) in [7, 11) is 1.56. The van der Waals surface area contributed by atoms with Crippen molar-refractivity contribution in [2.75, 3.05) is 33.7 Å². The number of methoxy groups -OCH3 is 1. The van der Waals surface area contributed by atoms with E-state index in [2.05, 4.69) is 0 Å². The molecule has 0 aromatic rings. The van der Waals surface area contributed by atoms with Crippen molar-refractivity contribution in [2.24, 2.45) is 5.92 Å². The Labute approximate surface area is 163 Å². The standard InChI is InChI=1S/C18H26ClNO7/c1-17(23)13(19)15(21)20-16(22)27-14(12-6-4-3-5-7-12)18(17,20)10-26-11-25-9-8-24-2/h4,6,12-14,23H,3,5,7-11H2,1-2H3/t12-,13-,14+,17+,18-/m1/s1. The van der Waals surface area contributed by atoms with Crippen molar-refractivity contribution in [3.05, 3.63) is 12.2 Å². The molecule has 1 aliphatic carbocycles. The van der Waals surface area contributed by atoms with Crippen LogP contribution in [0, 0.1) is 5.92 Å². The lowest BCUT2D eigenvalue weighted by Gasteiger charge is -2.43. The third-order valence-electron chi connectivity index (χ3n) is 5.69. The molecule has 2 fully saturated rings. The van der Waals surface area contributed by atoms with Gasteiger partial charge in [-0.25, -0.2) is 9.69 Å². The molecular weight excluding hydrogens is 378 g/mol. The molecule has 0 spiro atoms. The molecule has 152 valence electrons. The third kappa shape index (κ3) is 3.27. The number of imide groups is 1. The molecule has 5 atom stereocenters. The molecule has 0 unspecified atom stereocenters. The van der Waals surface area contributed by atoms with Crippen LogP contribution in [0.25, 0.3) is 0 Å². The number of ether oxygens (including phenoxy) is 4. The van der Waals surface area contributed by atoms with Crippen molar-refractivity contribution < 1.29 is 33.6 Å². The van der Waals surface area contributed by atoms with E-state index in [-0.39, 0.29) is 19.3 Å². The zero-order chi connectivity index (χ0) is 19.7. The Hall–Kier alpha value is -1.19. The summed E-state index contributed by atoms with van der Waals surface area (Å²) in [5.41, 5.74) is -3.13. The van der Waals surface area contributed by atoms with E-state index in [1.807, 2.05) is 12.2 Å². The average Bonchev–Trinajstić information content (AvgIpc) is 3.04. The highest BCUT2D eigenvalue weighted by Gasteiger charge is 2.76. The topological polar surface area (TPSA) is 94.5 Å². The summed E-state index contributed by atoms with van der Waals surface area (Å²) in [6, 6.07) is 0. The van der Waals surface area contributed by atoms with Crippen LogP contribution in [-0.2, 0) is 23.7 Å². The van der Waals surface area contributed by atoms with E-state index in [0.29, 0.717) is 13.2 Å². The van der Waals surface area contributed by atoms with Crippen LogP contribution in [0.1, 0.15) is 26.2 Å². The van der Waals surface area contributed by atoms with Crippen molar-refractivity contribution in [3.8, 4) is 0 Å². The van der Waals surface area contributed by atoms with Crippen LogP contribution in [-0.4, -0.2) is 78.4 Å². The highest BCUT2D eigenvalue weighted by Crippen LogP contribution is 2.52. The van der Waals surface area contributed by atoms with E-state index in [9.17, 15) is 14.7 Å². The molecule has 27 heavy (non-hydrogen) atoms. The van der Waals surface area contributed by atoms with Gasteiger partial charge >= 0.3 is 6.09 Å². The molecule has 9 heteroatoms. The van der Waals surface area contributed by atoms with Gasteiger partial charge in [0.05, 0.1) is 19.8 Å². The smallest absolute Gasteiger partial charge is 0.417 e. The zero-order valence-electron chi connectivity index (χ0n) is 15.6. The summed E-state index contributed by atoms with van der Waals surface area (Å²) < 4.78 is 21.4. The molecule has 2 heterocycles. The van der Waals surface area contributed by atoms with E-state index in [1.165, 1.54) is 6.92 Å². The van der Waals surface area contributed by atoms with Gasteiger partial charge in [0.15, 0.2) is 0 Å². The van der Waals surface area contributed by atoms with Crippen LogP contribution in [0.4, 0.5) is 4.79 Å². The number of amides is 2. The van der Waals surface area contributed by atoms with Crippen molar-refractivity contribution in [3.63, 3.8) is 0 Å². The molecular formula is C18H26ClNO7. The molecule has 3 rings (SSSR count). The fourth-order valence-electron chi connectivity index (χ4n) is 4.21. The van der Waals surface area contributed by atoms with Gasteiger partial charge in [-0.05, 0) is 26.2 Å². The maximum absolute atomic E-state index is 12.6. The van der Waals surface area contributed by atoms with Crippen LogP contribution in [0.3, 0.4) is 0 Å². The second kappa shape index (κ2) is 8.05. The minimum Gasteiger partial charge on any atom is -0.442 e. The summed E-state index contributed by atoms with van der Waals surface area (Å²) in [5, 5.41) is 9.96. The Bertz CT molecular complexity index is 611. The van der Waals surface area contributed by atoms with Gasteiger partial charge in [0.2, 0.25) is 0 Å². The van der Waals surface area contributed by atoms with Gasteiger partial charge in [0, 0.05) is 13.0 Å². The quantitative estimate of drug-likeness (QED) is 0.283. The molecule has 8 nitrogen and oxygen atoms in total. The Morgan fingerprint density at radius 2 is 2.15 bits per heavy atom. The minimum absolute atomic E-state index is 0.0718. The van der Waals surface area contributed by atoms with Gasteiger partial charge in [0.1, 0.15) is 29.4 Å². The van der Waals surface area contributed by atoms with Gasteiger partial charge in [-0.15, -0.1) is 11.6 Å². The first kappa shape index (κ1) is 20.5. The maximum atomic E-state index is 12.6. The number of aliphatic hydroxyl groups is 1. The predicted molar refractivity (Wildman–Crippen MR) is 95.2 cm³/mol. The van der Waals surface area contributed by atoms with E-state index in [1.54, 1.807) is 7.11 Å². The molecule has 0 radical (unpaired) electrons. The number of rotatable bonds is 8. The number of fused-ring (bicyclic) bond motifs is 1. The number of hydrogen-bond donors (Lipinski definition) is 1. The summed E-state index contributed by atoms with van der Waals surface area (Å²) in [4.78, 5) is 26.1. The lowest BCUT2D eigenvalue weighted by molar-refractivity contribution is -0.146. The lowest BCUT2D eigenvalue weighted by Crippen LogP contribution is -2.66. The Morgan fingerprint density at radius 3 is 2.81 bits per heavy atom. The second-order valence-electron chi connectivity index (χ2n) is 7.30. The van der Waals surface area contributed by atoms with Gasteiger partial charge in [-0.3, -0.25) is 4.79 Å². The fourth-order valence-corrected chi connectivity index (χ4v) is 4.49. The van der Waals surface area contributed by atoms with Crippen LogP contribution in [0.15, 0.2) is 12.2 Å². The number of cyclic esters (lactones) is 1. The van der Waals surface area contributed by atoms with E-state index < -0.39 is 34.6 Å². The van der Waals surface area contributed by atoms with Gasteiger partial charge in [0.25, 0.3) is 5.91 Å². The van der Waals surface area contributed by atoms with E-state index in [0.717, 1.165) is 24.2 Å². The predicted octanol–water partition coefficient (Wildman–Crippen LogP) is 1.44. The third-order valence-corrected chi connectivity index (χ3v) is 6.30. The fraction of sp³-hybridized carbons (Fsp3) is 0.778. The van der Waals surface area contributed by atoms with Crippen LogP contribution >= 0.6 is 11.6 Å². The zero-order valence-corrected chi connectivity index (χ0v) is 16.3. The second-order valence-corrected chi connectivity index (χ2v) is 7.74. The lowest BCUT2D eigenvalue weighted by atomic mass is 9.72. The van der Waals surface area contributed by atoms with Crippen molar-refractivity contribution >= 4 is 23.6 Å². The number of halogens is 1. The number of allylic oxidation sites excluding steroid dienone is 1. The van der Waals surface area contributed by atoms with Crippen LogP contribution in [0.5, 0.6) is 0 Å². The molecule has 2 amide bonds. The minimum atomic E-state index is -1.72. The Kier molecular flexibility index (Phi) is 6.12. The average molecular weight is 404 g/mol. The number of nitrogens with zero attached hydrogens (tertiary/aromatic N) is 1. The first-order chi connectivity index (χ1) is 12.9. The first-order valence-electron chi connectivity index (χ1n) is 9.10. The van der Waals surface area contributed by atoms with Crippen LogP contribution in [0.2, 0.25) is 0 Å². The Morgan fingerprint density at radius 1 is 1.37 bits per heavy atom. The maximum Gasteiger partial charge on any atom is 0.417 e. The first-order valence-corrected chi connectivity index (χ1v) is 9.53. The molecule has 0 aromatic carbocycles. The van der Waals surface area contributed by atoms with Gasteiger partial charge in [-0.2, -0.15) is 0 Å².